The summed E-state index contributed by atoms with van der Waals surface area (Å²) >= 11 is 0. The Bertz CT molecular complexity index is 481. The van der Waals surface area contributed by atoms with Crippen LogP contribution in [0.15, 0.2) is 30.3 Å². The maximum atomic E-state index is 11.4. The summed E-state index contributed by atoms with van der Waals surface area (Å²) in [6.45, 7) is 0.195. The van der Waals surface area contributed by atoms with Crippen molar-refractivity contribution in [3.05, 3.63) is 41.7 Å². The van der Waals surface area contributed by atoms with Gasteiger partial charge in [-0.15, -0.1) is 5.10 Å². The molecule has 0 fully saturated rings. The summed E-state index contributed by atoms with van der Waals surface area (Å²) in [5.41, 5.74) is 6.17. The lowest BCUT2D eigenvalue weighted by molar-refractivity contribution is 0.0459. The van der Waals surface area contributed by atoms with E-state index in [9.17, 15) is 4.79 Å². The quantitative estimate of drug-likeness (QED) is 0.741. The van der Waals surface area contributed by atoms with Gasteiger partial charge >= 0.3 is 5.97 Å². The molecule has 6 heteroatoms. The van der Waals surface area contributed by atoms with Gasteiger partial charge in [0, 0.05) is 0 Å². The highest BCUT2D eigenvalue weighted by molar-refractivity contribution is 5.85. The number of hydrogen-bond donors (Lipinski definition) is 2. The summed E-state index contributed by atoms with van der Waals surface area (Å²) in [6.07, 6.45) is 0. The molecule has 0 atom stereocenters. The molecule has 1 aromatic carbocycles. The summed E-state index contributed by atoms with van der Waals surface area (Å²) in [5, 5.41) is 5.91. The molecule has 1 aromatic heterocycles. The molecule has 0 saturated carbocycles. The predicted octanol–water partition coefficient (Wildman–Crippen LogP) is 0.744. The molecule has 0 aliphatic heterocycles. The first kappa shape index (κ1) is 10.2. The number of aromatic nitrogens is 3. The minimum atomic E-state index is -0.576. The monoisotopic (exact) mass is 218 g/mol. The van der Waals surface area contributed by atoms with Gasteiger partial charge in [0.15, 0.2) is 0 Å². The van der Waals surface area contributed by atoms with E-state index in [1.807, 2.05) is 30.3 Å². The Hall–Kier alpha value is -2.37. The van der Waals surface area contributed by atoms with Gasteiger partial charge in [0.05, 0.1) is 0 Å². The molecule has 82 valence electrons. The molecule has 0 bridgehead atoms. The number of nitrogens with one attached hydrogen (secondary N) is 1. The molecule has 3 N–H and O–H groups in total. The van der Waals surface area contributed by atoms with Gasteiger partial charge in [-0.1, -0.05) is 30.3 Å². The van der Waals surface area contributed by atoms with Crippen LogP contribution in [0.25, 0.3) is 0 Å². The van der Waals surface area contributed by atoms with Crippen molar-refractivity contribution in [2.75, 3.05) is 5.73 Å². The molecule has 6 nitrogen and oxygen atoms in total. The van der Waals surface area contributed by atoms with Crippen LogP contribution < -0.4 is 5.73 Å². The Morgan fingerprint density at radius 3 is 2.75 bits per heavy atom. The third kappa shape index (κ3) is 2.35. The summed E-state index contributed by atoms with van der Waals surface area (Å²) in [5.74, 6) is -0.548. The first-order chi connectivity index (χ1) is 7.75. The predicted molar refractivity (Wildman–Crippen MR) is 56.4 cm³/mol. The molecule has 0 unspecified atom stereocenters. The molecule has 1 heterocycles. The normalized spacial score (nSPS) is 10.0. The van der Waals surface area contributed by atoms with E-state index in [1.54, 1.807) is 0 Å². The van der Waals surface area contributed by atoms with Crippen molar-refractivity contribution in [1.82, 2.24) is 15.2 Å². The Morgan fingerprint density at radius 1 is 1.38 bits per heavy atom. The lowest BCUT2D eigenvalue weighted by Gasteiger charge is -2.01. The number of nitrogen functional groups attached to an aromatic ring is 1. The Balaban J connectivity index is 1.94. The third-order valence-electron chi connectivity index (χ3n) is 1.91. The average Bonchev–Trinajstić information content (AvgIpc) is 2.74. The molecule has 2 aromatic rings. The van der Waals surface area contributed by atoms with Crippen LogP contribution in [-0.2, 0) is 11.3 Å². The number of nitrogens with zero attached hydrogens (tertiary/aromatic N) is 2. The van der Waals surface area contributed by atoms with Crippen LogP contribution in [-0.4, -0.2) is 21.2 Å². The van der Waals surface area contributed by atoms with E-state index in [4.69, 9.17) is 10.5 Å². The highest BCUT2D eigenvalue weighted by Gasteiger charge is 2.11. The second kappa shape index (κ2) is 4.43. The van der Waals surface area contributed by atoms with Gasteiger partial charge in [0.2, 0.25) is 11.8 Å². The molecule has 0 amide bonds. The van der Waals surface area contributed by atoms with E-state index in [0.29, 0.717) is 0 Å². The van der Waals surface area contributed by atoms with Crippen molar-refractivity contribution in [3.63, 3.8) is 0 Å². The second-order valence-electron chi connectivity index (χ2n) is 3.10. The van der Waals surface area contributed by atoms with E-state index in [1.165, 1.54) is 0 Å². The van der Waals surface area contributed by atoms with Crippen molar-refractivity contribution < 1.29 is 9.53 Å². The SMILES string of the molecule is Nc1n[nH]c(C(=O)OCc2ccccc2)n1. The van der Waals surface area contributed by atoms with Gasteiger partial charge in [-0.05, 0) is 5.56 Å². The topological polar surface area (TPSA) is 93.9 Å². The van der Waals surface area contributed by atoms with Gasteiger partial charge in [0.1, 0.15) is 6.61 Å². The molecule has 0 saturated heterocycles. The molecular formula is C10H10N4O2. The smallest absolute Gasteiger partial charge is 0.376 e. The van der Waals surface area contributed by atoms with Crippen molar-refractivity contribution in [1.29, 1.82) is 0 Å². The highest BCUT2D eigenvalue weighted by atomic mass is 16.5. The average molecular weight is 218 g/mol. The summed E-state index contributed by atoms with van der Waals surface area (Å²) in [4.78, 5) is 15.1. The fourth-order valence-electron chi connectivity index (χ4n) is 1.16. The van der Waals surface area contributed by atoms with E-state index < -0.39 is 5.97 Å². The number of hydrogen-bond acceptors (Lipinski definition) is 5. The van der Waals surface area contributed by atoms with Crippen LogP contribution in [0.5, 0.6) is 0 Å². The molecule has 2 rings (SSSR count). The van der Waals surface area contributed by atoms with E-state index in [-0.39, 0.29) is 18.4 Å². The number of benzene rings is 1. The fraction of sp³-hybridized carbons (Fsp3) is 0.100. The zero-order chi connectivity index (χ0) is 11.4. The molecule has 0 spiro atoms. The van der Waals surface area contributed by atoms with Crippen LogP contribution in [0.1, 0.15) is 16.2 Å². The van der Waals surface area contributed by atoms with Crippen molar-refractivity contribution in [2.24, 2.45) is 0 Å². The van der Waals surface area contributed by atoms with Crippen molar-refractivity contribution in [3.8, 4) is 0 Å². The lowest BCUT2D eigenvalue weighted by atomic mass is 10.2. The number of carbonyl (C=O) groups excluding carboxylic acids is 1. The van der Waals surface area contributed by atoms with Crippen LogP contribution >= 0.6 is 0 Å². The number of aromatic amines is 1. The van der Waals surface area contributed by atoms with Crippen molar-refractivity contribution >= 4 is 11.9 Å². The Labute approximate surface area is 91.5 Å². The number of esters is 1. The number of rotatable bonds is 3. The summed E-state index contributed by atoms with van der Waals surface area (Å²) < 4.78 is 5.00. The molecular weight excluding hydrogens is 208 g/mol. The standard InChI is InChI=1S/C10H10N4O2/c11-10-12-8(13-14-10)9(15)16-6-7-4-2-1-3-5-7/h1-5H,6H2,(H3,11,12,13,14). The zero-order valence-corrected chi connectivity index (χ0v) is 8.38. The highest BCUT2D eigenvalue weighted by Crippen LogP contribution is 2.03. The van der Waals surface area contributed by atoms with Gasteiger partial charge in [-0.25, -0.2) is 4.79 Å². The van der Waals surface area contributed by atoms with Crippen LogP contribution in [0, 0.1) is 0 Å². The van der Waals surface area contributed by atoms with Gasteiger partial charge < -0.3 is 10.5 Å². The molecule has 0 radical (unpaired) electrons. The maximum Gasteiger partial charge on any atom is 0.376 e. The Kier molecular flexibility index (Phi) is 2.81. The first-order valence-electron chi connectivity index (χ1n) is 4.64. The first-order valence-corrected chi connectivity index (χ1v) is 4.64. The van der Waals surface area contributed by atoms with E-state index in [2.05, 4.69) is 15.2 Å². The lowest BCUT2D eigenvalue weighted by Crippen LogP contribution is -2.07. The van der Waals surface area contributed by atoms with Crippen LogP contribution in [0.2, 0.25) is 0 Å². The minimum absolute atomic E-state index is 0.00781. The number of nitrogens with two attached hydrogens (primary N) is 1. The van der Waals surface area contributed by atoms with E-state index in [0.717, 1.165) is 5.56 Å². The maximum absolute atomic E-state index is 11.4. The van der Waals surface area contributed by atoms with Gasteiger partial charge in [-0.3, -0.25) is 5.10 Å². The largest absolute Gasteiger partial charge is 0.455 e. The molecule has 0 aliphatic carbocycles. The summed E-state index contributed by atoms with van der Waals surface area (Å²) in [6, 6.07) is 9.36. The van der Waals surface area contributed by atoms with Crippen molar-refractivity contribution in [2.45, 2.75) is 6.61 Å². The zero-order valence-electron chi connectivity index (χ0n) is 8.38. The third-order valence-corrected chi connectivity index (χ3v) is 1.91. The van der Waals surface area contributed by atoms with Crippen LogP contribution in [0.3, 0.4) is 0 Å². The van der Waals surface area contributed by atoms with Crippen LogP contribution in [0.4, 0.5) is 5.95 Å². The number of carbonyl (C=O) groups is 1. The minimum Gasteiger partial charge on any atom is -0.455 e. The number of anilines is 1. The molecule has 16 heavy (non-hydrogen) atoms. The Morgan fingerprint density at radius 2 is 2.12 bits per heavy atom. The summed E-state index contributed by atoms with van der Waals surface area (Å²) in [7, 11) is 0. The van der Waals surface area contributed by atoms with E-state index >= 15 is 0 Å². The second-order valence-corrected chi connectivity index (χ2v) is 3.10. The number of ether oxygens (including phenoxy) is 1. The number of H-pyrrole nitrogens is 1. The molecule has 0 aliphatic rings. The fourth-order valence-corrected chi connectivity index (χ4v) is 1.16. The van der Waals surface area contributed by atoms with Gasteiger partial charge in [-0.2, -0.15) is 4.98 Å². The van der Waals surface area contributed by atoms with Gasteiger partial charge in [0.25, 0.3) is 0 Å².